The summed E-state index contributed by atoms with van der Waals surface area (Å²) in [6, 6.07) is 46.0. The first-order valence-electron chi connectivity index (χ1n) is 15.4. The second-order valence-corrected chi connectivity index (χ2v) is 11.7. The molecule has 0 unspecified atom stereocenters. The van der Waals surface area contributed by atoms with Crippen LogP contribution < -0.4 is 0 Å². The fourth-order valence-electron chi connectivity index (χ4n) is 6.85. The first-order chi connectivity index (χ1) is 24.5. The Labute approximate surface area is 285 Å². The minimum Gasteiger partial charge on any atom is -0.309 e. The summed E-state index contributed by atoms with van der Waals surface area (Å²) in [4.78, 5) is 0. The third-order valence-electron chi connectivity index (χ3n) is 9.11. The Morgan fingerprint density at radius 1 is 0.320 bits per heavy atom. The van der Waals surface area contributed by atoms with Gasteiger partial charge in [0.15, 0.2) is 0 Å². The minimum atomic E-state index is 0.347. The second-order valence-electron chi connectivity index (χ2n) is 11.7. The van der Waals surface area contributed by atoms with Crippen molar-refractivity contribution in [2.45, 2.75) is 0 Å². The first kappa shape index (κ1) is 29.3. The Bertz CT molecular complexity index is 2710. The van der Waals surface area contributed by atoms with Crippen molar-refractivity contribution in [3.63, 3.8) is 0 Å². The summed E-state index contributed by atoms with van der Waals surface area (Å²) in [6.07, 6.45) is 0. The Hall–Kier alpha value is -8.14. The third kappa shape index (κ3) is 4.33. The predicted molar refractivity (Wildman–Crippen MR) is 189 cm³/mol. The summed E-state index contributed by atoms with van der Waals surface area (Å²) in [5, 5.41) is 63.1. The van der Waals surface area contributed by atoms with Crippen LogP contribution in [-0.2, 0) is 0 Å². The molecule has 6 aromatic carbocycles. The number of nitrogens with zero attached hydrogens (tertiary/aromatic N) is 8. The van der Waals surface area contributed by atoms with Crippen molar-refractivity contribution in [3.8, 4) is 58.9 Å². The molecule has 0 fully saturated rings. The molecule has 0 saturated heterocycles. The van der Waals surface area contributed by atoms with E-state index in [9.17, 15) is 31.6 Å². The molecular weight excluding hydrogens is 617 g/mol. The molecule has 226 valence electrons. The lowest BCUT2D eigenvalue weighted by molar-refractivity contribution is 1.17. The van der Waals surface area contributed by atoms with Gasteiger partial charge in [-0.3, -0.25) is 0 Å². The highest BCUT2D eigenvalue weighted by atomic mass is 15.0. The van der Waals surface area contributed by atoms with Crippen molar-refractivity contribution in [3.05, 3.63) is 143 Å². The van der Waals surface area contributed by atoms with Crippen molar-refractivity contribution >= 4 is 43.6 Å². The van der Waals surface area contributed by atoms with E-state index in [1.165, 1.54) is 0 Å². The highest BCUT2D eigenvalue weighted by molar-refractivity contribution is 6.11. The van der Waals surface area contributed by atoms with Crippen LogP contribution in [0.3, 0.4) is 0 Å². The highest BCUT2D eigenvalue weighted by Gasteiger charge is 2.20. The van der Waals surface area contributed by atoms with Gasteiger partial charge in [0, 0.05) is 44.0 Å². The molecule has 2 heterocycles. The summed E-state index contributed by atoms with van der Waals surface area (Å²) in [5.74, 6) is 0. The number of hydrogen-bond donors (Lipinski definition) is 0. The van der Waals surface area contributed by atoms with Crippen LogP contribution in [0.2, 0.25) is 0 Å². The molecule has 2 aromatic heterocycles. The van der Waals surface area contributed by atoms with Gasteiger partial charge < -0.3 is 9.13 Å². The Morgan fingerprint density at radius 3 is 0.880 bits per heavy atom. The van der Waals surface area contributed by atoms with Crippen molar-refractivity contribution < 1.29 is 0 Å². The third-order valence-corrected chi connectivity index (χ3v) is 9.11. The lowest BCUT2D eigenvalue weighted by Gasteiger charge is -2.15. The molecule has 0 atom stereocenters. The maximum absolute atomic E-state index is 10.3. The molecule has 0 aliphatic heterocycles. The average molecular weight is 635 g/mol. The van der Waals surface area contributed by atoms with E-state index in [0.29, 0.717) is 55.9 Å². The van der Waals surface area contributed by atoms with Crippen LogP contribution in [0.5, 0.6) is 0 Å². The molecule has 8 rings (SSSR count). The van der Waals surface area contributed by atoms with Gasteiger partial charge in [0.25, 0.3) is 0 Å². The molecule has 0 aliphatic carbocycles. The van der Waals surface area contributed by atoms with E-state index in [2.05, 4.69) is 36.4 Å². The molecule has 8 nitrogen and oxygen atoms in total. The van der Waals surface area contributed by atoms with Gasteiger partial charge in [-0.15, -0.1) is 0 Å². The van der Waals surface area contributed by atoms with Gasteiger partial charge in [0.2, 0.25) is 0 Å². The van der Waals surface area contributed by atoms with Crippen molar-refractivity contribution in [2.75, 3.05) is 0 Å². The smallest absolute Gasteiger partial charge is 0.0998 e. The maximum Gasteiger partial charge on any atom is 0.0998 e. The van der Waals surface area contributed by atoms with E-state index < -0.39 is 0 Å². The number of aromatic nitrogens is 2. The average Bonchev–Trinajstić information content (AvgIpc) is 3.67. The van der Waals surface area contributed by atoms with Crippen molar-refractivity contribution in [1.82, 2.24) is 9.13 Å². The van der Waals surface area contributed by atoms with Crippen LogP contribution in [-0.4, -0.2) is 9.13 Å². The minimum absolute atomic E-state index is 0.347. The van der Waals surface area contributed by atoms with Crippen LogP contribution in [0.15, 0.2) is 109 Å². The topological polar surface area (TPSA) is 153 Å². The van der Waals surface area contributed by atoms with Crippen LogP contribution >= 0.6 is 0 Å². The first-order valence-corrected chi connectivity index (χ1v) is 15.4. The standard InChI is InChI=1S/C42H18N8/c43-19-25-1-9-33-34-10-2-26(20-44)14-40(34)49(39(33)13-25)31-7-5-29(23-47)37(17-31)38-18-32(8-6-30(38)24-48)50-41-15-27(21-45)3-11-35(41)36-12-4-28(22-46)16-42(36)50/h1-18H. The predicted octanol–water partition coefficient (Wildman–Crippen LogP) is 8.78. The maximum atomic E-state index is 10.3. The van der Waals surface area contributed by atoms with E-state index >= 15 is 0 Å². The lowest BCUT2D eigenvalue weighted by Crippen LogP contribution is -1.99. The van der Waals surface area contributed by atoms with E-state index in [1.807, 2.05) is 57.7 Å². The molecule has 8 aromatic rings. The summed E-state index contributed by atoms with van der Waals surface area (Å²) in [5.41, 5.74) is 7.99. The number of hydrogen-bond acceptors (Lipinski definition) is 6. The summed E-state index contributed by atoms with van der Waals surface area (Å²) in [6.45, 7) is 0. The van der Waals surface area contributed by atoms with Gasteiger partial charge in [-0.05, 0) is 84.9 Å². The van der Waals surface area contributed by atoms with Crippen LogP contribution in [0.25, 0.3) is 66.1 Å². The zero-order valence-corrected chi connectivity index (χ0v) is 26.0. The summed E-state index contributed by atoms with van der Waals surface area (Å²) < 4.78 is 3.93. The molecule has 0 radical (unpaired) electrons. The number of benzene rings is 6. The van der Waals surface area contributed by atoms with Crippen LogP contribution in [0.4, 0.5) is 0 Å². The van der Waals surface area contributed by atoms with Crippen LogP contribution in [0, 0.1) is 68.0 Å². The molecule has 0 amide bonds. The summed E-state index contributed by atoms with van der Waals surface area (Å²) >= 11 is 0. The zero-order chi connectivity index (χ0) is 34.5. The van der Waals surface area contributed by atoms with Crippen molar-refractivity contribution in [2.24, 2.45) is 0 Å². The lowest BCUT2D eigenvalue weighted by atomic mass is 9.95. The SMILES string of the molecule is N#Cc1ccc2c3ccc(C#N)cc3n(-c3ccc(C#N)c(-c4cc(-n5c6cc(C#N)ccc6c6ccc(C#N)cc65)ccc4C#N)c3)c2c1. The normalized spacial score (nSPS) is 10.7. The molecule has 0 aliphatic rings. The Kier molecular flexibility index (Phi) is 6.60. The van der Waals surface area contributed by atoms with Gasteiger partial charge in [0.05, 0.1) is 91.9 Å². The van der Waals surface area contributed by atoms with E-state index in [-0.39, 0.29) is 0 Å². The van der Waals surface area contributed by atoms with Gasteiger partial charge in [-0.2, -0.15) is 31.6 Å². The number of rotatable bonds is 3. The monoisotopic (exact) mass is 634 g/mol. The van der Waals surface area contributed by atoms with E-state index in [4.69, 9.17) is 0 Å². The largest absolute Gasteiger partial charge is 0.309 e. The molecule has 8 heteroatoms. The summed E-state index contributed by atoms with van der Waals surface area (Å²) in [7, 11) is 0. The number of nitriles is 6. The number of fused-ring (bicyclic) bond motifs is 6. The zero-order valence-electron chi connectivity index (χ0n) is 26.0. The molecule has 0 bridgehead atoms. The van der Waals surface area contributed by atoms with Gasteiger partial charge in [-0.1, -0.05) is 24.3 Å². The fraction of sp³-hybridized carbons (Fsp3) is 0. The molecule has 0 spiro atoms. The highest BCUT2D eigenvalue weighted by Crippen LogP contribution is 2.38. The van der Waals surface area contributed by atoms with Gasteiger partial charge in [-0.25, -0.2) is 0 Å². The Balaban J connectivity index is 1.43. The van der Waals surface area contributed by atoms with Gasteiger partial charge >= 0.3 is 0 Å². The fourth-order valence-corrected chi connectivity index (χ4v) is 6.85. The van der Waals surface area contributed by atoms with Crippen molar-refractivity contribution in [1.29, 1.82) is 31.6 Å². The van der Waals surface area contributed by atoms with E-state index in [1.54, 1.807) is 60.7 Å². The molecule has 0 N–H and O–H groups in total. The quantitative estimate of drug-likeness (QED) is 0.189. The molecular formula is C42H18N8. The van der Waals surface area contributed by atoms with Crippen LogP contribution in [0.1, 0.15) is 33.4 Å². The van der Waals surface area contributed by atoms with E-state index in [0.717, 1.165) is 43.6 Å². The molecule has 0 saturated carbocycles. The molecule has 50 heavy (non-hydrogen) atoms. The second kappa shape index (κ2) is 11.3. The Morgan fingerprint density at radius 2 is 0.620 bits per heavy atom. The van der Waals surface area contributed by atoms with Gasteiger partial charge in [0.1, 0.15) is 0 Å².